The molecule has 0 atom stereocenters. The van der Waals surface area contributed by atoms with Crippen LogP contribution < -0.4 is 4.74 Å². The van der Waals surface area contributed by atoms with E-state index in [1.807, 2.05) is 27.1 Å². The van der Waals surface area contributed by atoms with Gasteiger partial charge in [-0.2, -0.15) is 0 Å². The fourth-order valence-electron chi connectivity index (χ4n) is 0.941. The predicted molar refractivity (Wildman–Crippen MR) is 60.7 cm³/mol. The molecule has 0 aromatic carbocycles. The third-order valence-electron chi connectivity index (χ3n) is 1.83. The molecule has 1 aromatic heterocycles. The highest BCUT2D eigenvalue weighted by Crippen LogP contribution is 2.25. The number of nitrogens with zero attached hydrogens (tertiary/aromatic N) is 2. The Morgan fingerprint density at radius 1 is 1.50 bits per heavy atom. The van der Waals surface area contributed by atoms with E-state index in [2.05, 4.69) is 25.8 Å². The first-order valence-corrected chi connectivity index (χ1v) is 5.29. The summed E-state index contributed by atoms with van der Waals surface area (Å²) in [5, 5.41) is 0. The molecule has 0 N–H and O–H groups in total. The van der Waals surface area contributed by atoms with E-state index in [1.54, 1.807) is 6.20 Å². The first kappa shape index (κ1) is 11.5. The summed E-state index contributed by atoms with van der Waals surface area (Å²) in [5.41, 5.74) is 1.14. The maximum absolute atomic E-state index is 5.53. The highest BCUT2D eigenvalue weighted by atomic mass is 79.9. The molecule has 0 bridgehead atoms. The Morgan fingerprint density at radius 2 is 2.21 bits per heavy atom. The van der Waals surface area contributed by atoms with Crippen LogP contribution in [-0.2, 0) is 0 Å². The van der Waals surface area contributed by atoms with Crippen LogP contribution in [0.5, 0.6) is 5.88 Å². The molecular formula is C10H15BrN2O. The number of aromatic nitrogens is 1. The molecule has 0 saturated carbocycles. The Labute approximate surface area is 93.2 Å². The second kappa shape index (κ2) is 5.32. The van der Waals surface area contributed by atoms with Crippen molar-refractivity contribution in [2.24, 2.45) is 0 Å². The molecule has 0 radical (unpaired) electrons. The zero-order valence-electron chi connectivity index (χ0n) is 8.75. The van der Waals surface area contributed by atoms with Gasteiger partial charge in [-0.3, -0.25) is 0 Å². The van der Waals surface area contributed by atoms with E-state index in [0.717, 1.165) is 16.6 Å². The lowest BCUT2D eigenvalue weighted by atomic mass is 10.3. The summed E-state index contributed by atoms with van der Waals surface area (Å²) in [7, 11) is 4.03. The van der Waals surface area contributed by atoms with Crippen molar-refractivity contribution in [3.05, 3.63) is 22.3 Å². The standard InChI is InChI=1S/C10H15BrN2O/c1-8-4-5-12-10(9(8)11)14-7-6-13(2)3/h4-5H,6-7H2,1-3H3. The van der Waals surface area contributed by atoms with E-state index in [4.69, 9.17) is 4.74 Å². The lowest BCUT2D eigenvalue weighted by Gasteiger charge is -2.11. The van der Waals surface area contributed by atoms with Crippen LogP contribution in [-0.4, -0.2) is 37.1 Å². The van der Waals surface area contributed by atoms with Crippen molar-refractivity contribution in [1.82, 2.24) is 9.88 Å². The summed E-state index contributed by atoms with van der Waals surface area (Å²) in [6, 6.07) is 1.95. The first-order chi connectivity index (χ1) is 6.61. The summed E-state index contributed by atoms with van der Waals surface area (Å²) in [4.78, 5) is 6.22. The molecular weight excluding hydrogens is 244 g/mol. The molecule has 0 spiro atoms. The number of aryl methyl sites for hydroxylation is 1. The second-order valence-corrected chi connectivity index (χ2v) is 4.19. The van der Waals surface area contributed by atoms with Crippen molar-refractivity contribution < 1.29 is 4.74 Å². The third-order valence-corrected chi connectivity index (χ3v) is 2.79. The van der Waals surface area contributed by atoms with E-state index in [0.29, 0.717) is 12.5 Å². The predicted octanol–water partition coefficient (Wildman–Crippen LogP) is 2.09. The molecule has 4 heteroatoms. The number of likely N-dealkylation sites (N-methyl/N-ethyl adjacent to an activating group) is 1. The number of ether oxygens (including phenoxy) is 1. The van der Waals surface area contributed by atoms with E-state index >= 15 is 0 Å². The topological polar surface area (TPSA) is 25.4 Å². The molecule has 0 aliphatic heterocycles. The van der Waals surface area contributed by atoms with Crippen molar-refractivity contribution in [3.8, 4) is 5.88 Å². The molecule has 1 aromatic rings. The van der Waals surface area contributed by atoms with Crippen LogP contribution in [0.4, 0.5) is 0 Å². The number of rotatable bonds is 4. The Morgan fingerprint density at radius 3 is 2.86 bits per heavy atom. The minimum absolute atomic E-state index is 0.655. The summed E-state index contributed by atoms with van der Waals surface area (Å²) in [5.74, 6) is 0.673. The Bertz CT molecular complexity index is 302. The lowest BCUT2D eigenvalue weighted by Crippen LogP contribution is -2.19. The number of hydrogen-bond donors (Lipinski definition) is 0. The van der Waals surface area contributed by atoms with Crippen molar-refractivity contribution in [3.63, 3.8) is 0 Å². The van der Waals surface area contributed by atoms with E-state index < -0.39 is 0 Å². The van der Waals surface area contributed by atoms with Gasteiger partial charge in [-0.05, 0) is 48.6 Å². The number of hydrogen-bond acceptors (Lipinski definition) is 3. The van der Waals surface area contributed by atoms with Gasteiger partial charge in [0.25, 0.3) is 0 Å². The number of pyridine rings is 1. The molecule has 0 fully saturated rings. The normalized spacial score (nSPS) is 10.6. The minimum Gasteiger partial charge on any atom is -0.475 e. The van der Waals surface area contributed by atoms with Crippen LogP contribution in [0.3, 0.4) is 0 Å². The highest BCUT2D eigenvalue weighted by Gasteiger charge is 2.04. The first-order valence-electron chi connectivity index (χ1n) is 4.50. The fourth-order valence-corrected chi connectivity index (χ4v) is 1.29. The third kappa shape index (κ3) is 3.27. The van der Waals surface area contributed by atoms with Gasteiger partial charge in [0.05, 0.1) is 4.47 Å². The second-order valence-electron chi connectivity index (χ2n) is 3.40. The molecule has 78 valence electrons. The summed E-state index contributed by atoms with van der Waals surface area (Å²) in [6.07, 6.45) is 1.76. The molecule has 0 unspecified atom stereocenters. The smallest absolute Gasteiger partial charge is 0.228 e. The molecule has 0 aliphatic carbocycles. The average Bonchev–Trinajstić information content (AvgIpc) is 2.12. The molecule has 14 heavy (non-hydrogen) atoms. The van der Waals surface area contributed by atoms with Crippen LogP contribution >= 0.6 is 15.9 Å². The molecule has 0 amide bonds. The molecule has 3 nitrogen and oxygen atoms in total. The Hall–Kier alpha value is -0.610. The summed E-state index contributed by atoms with van der Waals surface area (Å²) < 4.78 is 6.47. The van der Waals surface area contributed by atoms with Gasteiger partial charge < -0.3 is 9.64 Å². The van der Waals surface area contributed by atoms with Crippen LogP contribution in [0.1, 0.15) is 5.56 Å². The molecule has 0 aliphatic rings. The van der Waals surface area contributed by atoms with Gasteiger partial charge in [0.2, 0.25) is 5.88 Å². The van der Waals surface area contributed by atoms with Crippen LogP contribution in [0.2, 0.25) is 0 Å². The summed E-state index contributed by atoms with van der Waals surface area (Å²) in [6.45, 7) is 3.56. The zero-order chi connectivity index (χ0) is 10.6. The van der Waals surface area contributed by atoms with Crippen LogP contribution in [0.25, 0.3) is 0 Å². The van der Waals surface area contributed by atoms with Gasteiger partial charge in [0.1, 0.15) is 6.61 Å². The Balaban J connectivity index is 2.54. The van der Waals surface area contributed by atoms with Gasteiger partial charge in [-0.25, -0.2) is 4.98 Å². The van der Waals surface area contributed by atoms with Crippen molar-refractivity contribution in [2.75, 3.05) is 27.2 Å². The van der Waals surface area contributed by atoms with E-state index in [-0.39, 0.29) is 0 Å². The van der Waals surface area contributed by atoms with Gasteiger partial charge >= 0.3 is 0 Å². The van der Waals surface area contributed by atoms with Gasteiger partial charge in [-0.1, -0.05) is 0 Å². The molecule has 0 saturated heterocycles. The minimum atomic E-state index is 0.655. The van der Waals surface area contributed by atoms with E-state index in [1.165, 1.54) is 0 Å². The van der Waals surface area contributed by atoms with Crippen LogP contribution in [0, 0.1) is 6.92 Å². The SMILES string of the molecule is Cc1ccnc(OCCN(C)C)c1Br. The Kier molecular flexibility index (Phi) is 4.35. The molecule has 1 rings (SSSR count). The maximum atomic E-state index is 5.53. The van der Waals surface area contributed by atoms with Gasteiger partial charge in [-0.15, -0.1) is 0 Å². The van der Waals surface area contributed by atoms with E-state index in [9.17, 15) is 0 Å². The van der Waals surface area contributed by atoms with Gasteiger partial charge in [0.15, 0.2) is 0 Å². The maximum Gasteiger partial charge on any atom is 0.228 e. The summed E-state index contributed by atoms with van der Waals surface area (Å²) >= 11 is 3.45. The largest absolute Gasteiger partial charge is 0.475 e. The molecule has 1 heterocycles. The fraction of sp³-hybridized carbons (Fsp3) is 0.500. The van der Waals surface area contributed by atoms with Gasteiger partial charge in [0, 0.05) is 12.7 Å². The monoisotopic (exact) mass is 258 g/mol. The quantitative estimate of drug-likeness (QED) is 0.827. The lowest BCUT2D eigenvalue weighted by molar-refractivity contribution is 0.252. The van der Waals surface area contributed by atoms with Crippen molar-refractivity contribution in [2.45, 2.75) is 6.92 Å². The average molecular weight is 259 g/mol. The number of halogens is 1. The van der Waals surface area contributed by atoms with Crippen molar-refractivity contribution in [1.29, 1.82) is 0 Å². The highest BCUT2D eigenvalue weighted by molar-refractivity contribution is 9.10. The van der Waals surface area contributed by atoms with Crippen molar-refractivity contribution >= 4 is 15.9 Å². The zero-order valence-corrected chi connectivity index (χ0v) is 10.3. The van der Waals surface area contributed by atoms with Crippen LogP contribution in [0.15, 0.2) is 16.7 Å².